The minimum atomic E-state index is -3.54. The molecule has 3 rings (SSSR count). The molecular formula is C18H18ClNO5S2. The van der Waals surface area contributed by atoms with Crippen molar-refractivity contribution in [2.75, 3.05) is 18.8 Å². The van der Waals surface area contributed by atoms with Crippen molar-refractivity contribution >= 4 is 37.2 Å². The van der Waals surface area contributed by atoms with E-state index in [9.17, 15) is 21.6 Å². The van der Waals surface area contributed by atoms with Gasteiger partial charge in [-0.2, -0.15) is 0 Å². The lowest BCUT2D eigenvalue weighted by Gasteiger charge is -2.38. The van der Waals surface area contributed by atoms with Gasteiger partial charge in [0.05, 0.1) is 15.5 Å². The lowest BCUT2D eigenvalue weighted by molar-refractivity contribution is -0.133. The summed E-state index contributed by atoms with van der Waals surface area (Å²) in [6, 6.07) is 13.8. The largest absolute Gasteiger partial charge is 0.340 e. The molecule has 0 atom stereocenters. The van der Waals surface area contributed by atoms with Crippen molar-refractivity contribution in [3.8, 4) is 0 Å². The smallest absolute Gasteiger partial charge is 0.223 e. The third-order valence-corrected chi connectivity index (χ3v) is 8.56. The number of hydrogen-bond acceptors (Lipinski definition) is 5. The molecule has 1 heterocycles. The molecule has 1 saturated heterocycles. The first-order valence-corrected chi connectivity index (χ1v) is 11.8. The first kappa shape index (κ1) is 19.9. The molecule has 9 heteroatoms. The molecule has 1 amide bonds. The summed E-state index contributed by atoms with van der Waals surface area (Å²) in [6.07, 6.45) is -0.176. The van der Waals surface area contributed by atoms with Crippen molar-refractivity contribution in [3.63, 3.8) is 0 Å². The number of hydrogen-bond donors (Lipinski definition) is 0. The molecule has 0 aromatic heterocycles. The number of carbonyl (C=O) groups is 1. The molecule has 1 aliphatic heterocycles. The zero-order chi connectivity index (χ0) is 19.7. The van der Waals surface area contributed by atoms with Gasteiger partial charge < -0.3 is 4.90 Å². The van der Waals surface area contributed by atoms with Gasteiger partial charge in [0, 0.05) is 24.5 Å². The second kappa shape index (κ2) is 7.61. The molecule has 0 spiro atoms. The fourth-order valence-corrected chi connectivity index (χ4v) is 5.81. The van der Waals surface area contributed by atoms with Gasteiger partial charge >= 0.3 is 0 Å². The Kier molecular flexibility index (Phi) is 5.60. The minimum Gasteiger partial charge on any atom is -0.340 e. The zero-order valence-corrected chi connectivity index (χ0v) is 16.7. The number of nitrogens with zero attached hydrogens (tertiary/aromatic N) is 1. The highest BCUT2D eigenvalue weighted by atomic mass is 35.5. The van der Waals surface area contributed by atoms with Crippen LogP contribution in [0.15, 0.2) is 64.4 Å². The van der Waals surface area contributed by atoms with Gasteiger partial charge in [0.15, 0.2) is 19.7 Å². The number of sulfone groups is 2. The van der Waals surface area contributed by atoms with Crippen molar-refractivity contribution in [2.24, 2.45) is 0 Å². The Morgan fingerprint density at radius 1 is 0.926 bits per heavy atom. The number of halogens is 1. The van der Waals surface area contributed by atoms with Crippen molar-refractivity contribution in [1.82, 2.24) is 4.90 Å². The molecule has 0 saturated carbocycles. The Morgan fingerprint density at radius 2 is 1.52 bits per heavy atom. The predicted octanol–water partition coefficient (Wildman–Crippen LogP) is 2.19. The summed E-state index contributed by atoms with van der Waals surface area (Å²) in [5.74, 6) is -0.668. The number of rotatable bonds is 6. The lowest BCUT2D eigenvalue weighted by atomic mass is 10.2. The van der Waals surface area contributed by atoms with Crippen LogP contribution in [-0.4, -0.2) is 51.7 Å². The molecule has 1 fully saturated rings. The van der Waals surface area contributed by atoms with E-state index >= 15 is 0 Å². The van der Waals surface area contributed by atoms with Crippen molar-refractivity contribution in [3.05, 3.63) is 59.6 Å². The fraction of sp³-hybridized carbons (Fsp3) is 0.278. The quantitative estimate of drug-likeness (QED) is 0.705. The SMILES string of the molecule is O=C(CCS(=O)(=O)c1ccccc1)N1CC(S(=O)(=O)c2ccc(Cl)cc2)C1. The standard InChI is InChI=1S/C18H18ClNO5S2/c19-14-6-8-16(9-7-14)27(24,25)17-12-20(13-17)18(21)10-11-26(22,23)15-4-2-1-3-5-15/h1-9,17H,10-13H2. The van der Waals surface area contributed by atoms with E-state index < -0.39 is 24.9 Å². The fourth-order valence-electron chi connectivity index (χ4n) is 2.78. The summed E-state index contributed by atoms with van der Waals surface area (Å²) in [6.45, 7) is 0.129. The Hall–Kier alpha value is -1.90. The molecule has 0 bridgehead atoms. The average molecular weight is 428 g/mol. The second-order valence-corrected chi connectivity index (χ2v) is 11.1. The zero-order valence-electron chi connectivity index (χ0n) is 14.3. The van der Waals surface area contributed by atoms with Crippen LogP contribution < -0.4 is 0 Å². The average Bonchev–Trinajstić information content (AvgIpc) is 2.60. The van der Waals surface area contributed by atoms with E-state index in [2.05, 4.69) is 0 Å². The van der Waals surface area contributed by atoms with Crippen LogP contribution in [0.5, 0.6) is 0 Å². The summed E-state index contributed by atoms with van der Waals surface area (Å²) < 4.78 is 49.5. The predicted molar refractivity (Wildman–Crippen MR) is 102 cm³/mol. The molecule has 0 N–H and O–H groups in total. The molecule has 2 aromatic carbocycles. The number of likely N-dealkylation sites (tertiary alicyclic amines) is 1. The summed E-state index contributed by atoms with van der Waals surface area (Å²) in [4.78, 5) is 13.9. The maximum absolute atomic E-state index is 12.5. The Balaban J connectivity index is 1.56. The van der Waals surface area contributed by atoms with E-state index in [0.717, 1.165) is 0 Å². The van der Waals surface area contributed by atoms with E-state index in [1.54, 1.807) is 18.2 Å². The topological polar surface area (TPSA) is 88.6 Å². The van der Waals surface area contributed by atoms with Crippen LogP contribution in [0.4, 0.5) is 0 Å². The highest BCUT2D eigenvalue weighted by Crippen LogP contribution is 2.25. The summed E-state index contributed by atoms with van der Waals surface area (Å²) in [5.41, 5.74) is 0. The number of benzene rings is 2. The molecule has 0 aliphatic carbocycles. The van der Waals surface area contributed by atoms with Gasteiger partial charge in [-0.25, -0.2) is 16.8 Å². The van der Waals surface area contributed by atoms with Crippen LogP contribution in [0.25, 0.3) is 0 Å². The monoisotopic (exact) mass is 427 g/mol. The van der Waals surface area contributed by atoms with E-state index in [1.807, 2.05) is 0 Å². The lowest BCUT2D eigenvalue weighted by Crippen LogP contribution is -2.57. The first-order valence-electron chi connectivity index (χ1n) is 8.25. The van der Waals surface area contributed by atoms with Crippen LogP contribution in [0.3, 0.4) is 0 Å². The van der Waals surface area contributed by atoms with E-state index in [-0.39, 0.29) is 41.0 Å². The highest BCUT2D eigenvalue weighted by Gasteiger charge is 2.40. The van der Waals surface area contributed by atoms with Crippen LogP contribution >= 0.6 is 11.6 Å². The molecule has 0 radical (unpaired) electrons. The van der Waals surface area contributed by atoms with Crippen LogP contribution in [0.1, 0.15) is 6.42 Å². The third-order valence-electron chi connectivity index (χ3n) is 4.47. The number of amides is 1. The van der Waals surface area contributed by atoms with E-state index in [0.29, 0.717) is 5.02 Å². The molecule has 27 heavy (non-hydrogen) atoms. The molecular weight excluding hydrogens is 410 g/mol. The molecule has 1 aliphatic rings. The van der Waals surface area contributed by atoms with Crippen molar-refractivity contribution in [1.29, 1.82) is 0 Å². The van der Waals surface area contributed by atoms with Crippen LogP contribution in [0.2, 0.25) is 5.02 Å². The summed E-state index contributed by atoms with van der Waals surface area (Å²) >= 11 is 5.77. The van der Waals surface area contributed by atoms with Crippen molar-refractivity contribution < 1.29 is 21.6 Å². The van der Waals surface area contributed by atoms with Gasteiger partial charge in [0.25, 0.3) is 0 Å². The normalized spacial score (nSPS) is 15.4. The van der Waals surface area contributed by atoms with Crippen LogP contribution in [0, 0.1) is 0 Å². The Morgan fingerprint density at radius 3 is 2.11 bits per heavy atom. The Bertz CT molecular complexity index is 1030. The minimum absolute atomic E-state index is 0.0647. The van der Waals surface area contributed by atoms with Gasteiger partial charge in [-0.1, -0.05) is 29.8 Å². The highest BCUT2D eigenvalue weighted by molar-refractivity contribution is 7.92. The van der Waals surface area contributed by atoms with Gasteiger partial charge in [0.2, 0.25) is 5.91 Å². The maximum atomic E-state index is 12.5. The molecule has 0 unspecified atom stereocenters. The van der Waals surface area contributed by atoms with Crippen molar-refractivity contribution in [2.45, 2.75) is 21.5 Å². The van der Waals surface area contributed by atoms with E-state index in [1.165, 1.54) is 41.3 Å². The second-order valence-electron chi connectivity index (χ2n) is 6.30. The van der Waals surface area contributed by atoms with E-state index in [4.69, 9.17) is 11.6 Å². The van der Waals surface area contributed by atoms with Crippen LogP contribution in [-0.2, 0) is 24.5 Å². The third kappa shape index (κ3) is 4.34. The Labute approximate surface area is 163 Å². The van der Waals surface area contributed by atoms with Gasteiger partial charge in [-0.15, -0.1) is 0 Å². The number of carbonyl (C=O) groups excluding carboxylic acids is 1. The van der Waals surface area contributed by atoms with Gasteiger partial charge in [-0.3, -0.25) is 4.79 Å². The first-order chi connectivity index (χ1) is 12.7. The van der Waals surface area contributed by atoms with Gasteiger partial charge in [0.1, 0.15) is 5.25 Å². The summed E-state index contributed by atoms with van der Waals surface area (Å²) in [7, 11) is -7.08. The molecule has 144 valence electrons. The molecule has 6 nitrogen and oxygen atoms in total. The summed E-state index contributed by atoms with van der Waals surface area (Å²) in [5, 5.41) is -0.243. The van der Waals surface area contributed by atoms with Gasteiger partial charge in [-0.05, 0) is 36.4 Å². The maximum Gasteiger partial charge on any atom is 0.223 e. The molecule has 2 aromatic rings.